The van der Waals surface area contributed by atoms with Crippen LogP contribution in [0, 0.1) is 6.92 Å². The fraction of sp³-hybridized carbons (Fsp3) is 0.217. The number of halogens is 3. The first-order valence-corrected chi connectivity index (χ1v) is 10.0. The van der Waals surface area contributed by atoms with Crippen LogP contribution in [0.2, 0.25) is 0 Å². The number of nitrogens with zero attached hydrogens (tertiary/aromatic N) is 3. The Labute approximate surface area is 190 Å². The number of fused-ring (bicyclic) bond motifs is 1. The van der Waals surface area contributed by atoms with E-state index in [0.29, 0.717) is 11.5 Å². The molecular weight excluding hydrogens is 455 g/mol. The average molecular weight is 473 g/mol. The number of rotatable bonds is 6. The molecule has 11 heteroatoms. The Morgan fingerprint density at radius 1 is 1.15 bits per heavy atom. The highest BCUT2D eigenvalue weighted by molar-refractivity contribution is 6.04. The van der Waals surface area contributed by atoms with Crippen molar-refractivity contribution < 1.29 is 36.4 Å². The number of furan rings is 1. The number of alkyl halides is 3. The number of hydrogen-bond acceptors (Lipinski definition) is 7. The van der Waals surface area contributed by atoms with E-state index in [1.54, 1.807) is 19.1 Å². The summed E-state index contributed by atoms with van der Waals surface area (Å²) < 4.78 is 56.1. The zero-order chi connectivity index (χ0) is 24.5. The van der Waals surface area contributed by atoms with Crippen molar-refractivity contribution in [3.05, 3.63) is 71.3 Å². The number of aromatic nitrogens is 2. The highest BCUT2D eigenvalue weighted by Crippen LogP contribution is 2.37. The molecule has 0 atom stereocenters. The third kappa shape index (κ3) is 4.63. The van der Waals surface area contributed by atoms with E-state index in [2.05, 4.69) is 10.1 Å². The van der Waals surface area contributed by atoms with Crippen LogP contribution in [0.3, 0.4) is 0 Å². The van der Waals surface area contributed by atoms with Crippen LogP contribution in [0.15, 0.2) is 57.7 Å². The second-order valence-corrected chi connectivity index (χ2v) is 7.45. The van der Waals surface area contributed by atoms with Gasteiger partial charge in [-0.3, -0.25) is 4.79 Å². The molecule has 0 aliphatic carbocycles. The van der Waals surface area contributed by atoms with Gasteiger partial charge < -0.3 is 18.6 Å². The van der Waals surface area contributed by atoms with Gasteiger partial charge >= 0.3 is 12.1 Å². The smallest absolute Gasteiger partial charge is 0.417 e. The molecule has 0 bridgehead atoms. The van der Waals surface area contributed by atoms with Gasteiger partial charge in [0.15, 0.2) is 6.61 Å². The van der Waals surface area contributed by atoms with Crippen LogP contribution >= 0.6 is 0 Å². The van der Waals surface area contributed by atoms with E-state index in [1.165, 1.54) is 42.5 Å². The lowest BCUT2D eigenvalue weighted by Gasteiger charge is -2.16. The summed E-state index contributed by atoms with van der Waals surface area (Å²) in [5.74, 6) is -0.880. The number of carbonyl (C=O) groups excluding carboxylic acids is 2. The van der Waals surface area contributed by atoms with Gasteiger partial charge in [-0.15, -0.1) is 0 Å². The van der Waals surface area contributed by atoms with Crippen LogP contribution < -0.4 is 0 Å². The van der Waals surface area contributed by atoms with E-state index in [9.17, 15) is 22.8 Å². The molecule has 0 aliphatic rings. The van der Waals surface area contributed by atoms with Crippen LogP contribution in [-0.4, -0.2) is 40.6 Å². The van der Waals surface area contributed by atoms with Gasteiger partial charge in [0, 0.05) is 12.6 Å². The molecule has 1 aromatic carbocycles. The number of aryl methyl sites for hydroxylation is 1. The largest absolute Gasteiger partial charge is 0.467 e. The topological polar surface area (TPSA) is 98.7 Å². The molecule has 34 heavy (non-hydrogen) atoms. The minimum Gasteiger partial charge on any atom is -0.467 e. The van der Waals surface area contributed by atoms with Crippen molar-refractivity contribution in [3.63, 3.8) is 0 Å². The average Bonchev–Trinajstić information content (AvgIpc) is 3.45. The summed E-state index contributed by atoms with van der Waals surface area (Å²) in [5, 5.41) is 3.95. The molecule has 0 saturated carbocycles. The Kier molecular flexibility index (Phi) is 6.10. The highest BCUT2D eigenvalue weighted by Gasteiger charge is 2.34. The van der Waals surface area contributed by atoms with E-state index in [-0.39, 0.29) is 34.5 Å². The molecule has 3 heterocycles. The number of carbonyl (C=O) groups is 2. The predicted molar refractivity (Wildman–Crippen MR) is 112 cm³/mol. The number of esters is 1. The fourth-order valence-electron chi connectivity index (χ4n) is 3.39. The van der Waals surface area contributed by atoms with Crippen LogP contribution in [-0.2, 0) is 22.3 Å². The molecule has 3 aromatic heterocycles. The zero-order valence-corrected chi connectivity index (χ0v) is 18.0. The van der Waals surface area contributed by atoms with Crippen LogP contribution in [0.25, 0.3) is 22.4 Å². The third-order valence-corrected chi connectivity index (χ3v) is 5.07. The van der Waals surface area contributed by atoms with E-state index in [1.807, 2.05) is 0 Å². The second kappa shape index (κ2) is 9.00. The molecule has 0 radical (unpaired) electrons. The van der Waals surface area contributed by atoms with Crippen molar-refractivity contribution in [2.75, 3.05) is 13.7 Å². The van der Waals surface area contributed by atoms with Crippen molar-refractivity contribution in [1.29, 1.82) is 0 Å². The number of pyridine rings is 1. The lowest BCUT2D eigenvalue weighted by atomic mass is 10.0. The van der Waals surface area contributed by atoms with Gasteiger partial charge in [0.1, 0.15) is 5.76 Å². The Morgan fingerprint density at radius 2 is 1.91 bits per heavy atom. The molecule has 0 N–H and O–H groups in total. The van der Waals surface area contributed by atoms with Crippen molar-refractivity contribution in [2.24, 2.45) is 0 Å². The number of likely N-dealkylation sites (N-methyl/N-ethyl adjacent to an activating group) is 1. The van der Waals surface area contributed by atoms with E-state index >= 15 is 0 Å². The minimum absolute atomic E-state index is 0.114. The van der Waals surface area contributed by atoms with Crippen molar-refractivity contribution >= 4 is 23.0 Å². The molecule has 0 spiro atoms. The SMILES string of the molecule is Cc1noc2nc(-c3ccccc3C(F)(F)F)cc(C(=O)OCC(=O)N(C)Cc3ccco3)c12. The van der Waals surface area contributed by atoms with Crippen LogP contribution in [0.4, 0.5) is 13.2 Å². The number of benzene rings is 1. The zero-order valence-electron chi connectivity index (χ0n) is 18.0. The predicted octanol–water partition coefficient (Wildman–Crippen LogP) is 4.63. The first-order valence-electron chi connectivity index (χ1n) is 10.0. The number of ether oxygens (including phenoxy) is 1. The lowest BCUT2D eigenvalue weighted by Crippen LogP contribution is -2.30. The Balaban J connectivity index is 1.63. The maximum atomic E-state index is 13.5. The second-order valence-electron chi connectivity index (χ2n) is 7.45. The van der Waals surface area contributed by atoms with Gasteiger partial charge in [-0.2, -0.15) is 13.2 Å². The maximum absolute atomic E-state index is 13.5. The van der Waals surface area contributed by atoms with Gasteiger partial charge in [-0.05, 0) is 31.2 Å². The molecule has 176 valence electrons. The summed E-state index contributed by atoms with van der Waals surface area (Å²) in [7, 11) is 1.51. The first-order chi connectivity index (χ1) is 16.1. The van der Waals surface area contributed by atoms with Crippen molar-refractivity contribution in [1.82, 2.24) is 15.0 Å². The van der Waals surface area contributed by atoms with Gasteiger partial charge in [0.25, 0.3) is 11.6 Å². The molecule has 8 nitrogen and oxygen atoms in total. The maximum Gasteiger partial charge on any atom is 0.417 e. The fourth-order valence-corrected chi connectivity index (χ4v) is 3.39. The Bertz CT molecular complexity index is 1350. The molecule has 0 aliphatic heterocycles. The summed E-state index contributed by atoms with van der Waals surface area (Å²) in [4.78, 5) is 30.7. The van der Waals surface area contributed by atoms with E-state index in [0.717, 1.165) is 6.07 Å². The molecule has 0 unspecified atom stereocenters. The molecule has 1 amide bonds. The Hall–Kier alpha value is -4.15. The Morgan fingerprint density at radius 3 is 2.62 bits per heavy atom. The van der Waals surface area contributed by atoms with Gasteiger partial charge in [0.2, 0.25) is 0 Å². The van der Waals surface area contributed by atoms with Gasteiger partial charge in [0.05, 0.1) is 40.7 Å². The molecule has 0 saturated heterocycles. The molecule has 0 fully saturated rings. The quantitative estimate of drug-likeness (QED) is 0.377. The van der Waals surface area contributed by atoms with Crippen LogP contribution in [0.1, 0.15) is 27.4 Å². The standard InChI is InChI=1S/C23H18F3N3O5/c1-13-20-16(22(31)33-12-19(30)29(2)11-14-6-5-9-32-14)10-18(27-21(20)34-28-13)15-7-3-4-8-17(15)23(24,25)26/h3-10H,11-12H2,1-2H3. The summed E-state index contributed by atoms with van der Waals surface area (Å²) in [6, 6.07) is 9.38. The van der Waals surface area contributed by atoms with E-state index < -0.39 is 30.2 Å². The normalized spacial score (nSPS) is 11.6. The van der Waals surface area contributed by atoms with Crippen molar-refractivity contribution in [2.45, 2.75) is 19.6 Å². The number of amides is 1. The van der Waals surface area contributed by atoms with Gasteiger partial charge in [-0.25, -0.2) is 9.78 Å². The lowest BCUT2D eigenvalue weighted by molar-refractivity contribution is -0.137. The molecular formula is C23H18F3N3O5. The summed E-state index contributed by atoms with van der Waals surface area (Å²) in [6.07, 6.45) is -3.17. The summed E-state index contributed by atoms with van der Waals surface area (Å²) in [5.41, 5.74) is -1.25. The summed E-state index contributed by atoms with van der Waals surface area (Å²) in [6.45, 7) is 1.14. The van der Waals surface area contributed by atoms with E-state index in [4.69, 9.17) is 13.7 Å². The van der Waals surface area contributed by atoms with Crippen LogP contribution in [0.5, 0.6) is 0 Å². The van der Waals surface area contributed by atoms with Gasteiger partial charge in [-0.1, -0.05) is 23.4 Å². The summed E-state index contributed by atoms with van der Waals surface area (Å²) >= 11 is 0. The third-order valence-electron chi connectivity index (χ3n) is 5.07. The highest BCUT2D eigenvalue weighted by atomic mass is 19.4. The minimum atomic E-state index is -4.64. The molecule has 4 aromatic rings. The van der Waals surface area contributed by atoms with Crippen molar-refractivity contribution in [3.8, 4) is 11.3 Å². The molecule has 4 rings (SSSR count). The number of hydrogen-bond donors (Lipinski definition) is 0. The monoisotopic (exact) mass is 473 g/mol. The first kappa shape index (κ1) is 23.0.